The van der Waals surface area contributed by atoms with Crippen molar-refractivity contribution in [2.24, 2.45) is 5.92 Å². The van der Waals surface area contributed by atoms with Crippen LogP contribution in [0.4, 0.5) is 5.69 Å². The fourth-order valence-electron chi connectivity index (χ4n) is 2.71. The Morgan fingerprint density at radius 2 is 2.00 bits per heavy atom. The van der Waals surface area contributed by atoms with Crippen molar-refractivity contribution in [3.05, 3.63) is 29.8 Å². The maximum absolute atomic E-state index is 12.0. The van der Waals surface area contributed by atoms with Gasteiger partial charge < -0.3 is 5.32 Å². The van der Waals surface area contributed by atoms with Crippen molar-refractivity contribution >= 4 is 11.6 Å². The number of benzene rings is 1. The molecular weight excluding hydrogens is 236 g/mol. The highest BCUT2D eigenvalue weighted by molar-refractivity contribution is 5.91. The molecule has 1 aromatic rings. The zero-order chi connectivity index (χ0) is 13.5. The van der Waals surface area contributed by atoms with Gasteiger partial charge in [0, 0.05) is 12.1 Å². The van der Waals surface area contributed by atoms with Crippen LogP contribution in [0.2, 0.25) is 0 Å². The number of nitrogens with one attached hydrogen (secondary N) is 1. The molecule has 0 aromatic heterocycles. The van der Waals surface area contributed by atoms with E-state index in [4.69, 9.17) is 5.26 Å². The van der Waals surface area contributed by atoms with E-state index < -0.39 is 0 Å². The number of carbonyl (C=O) groups is 1. The summed E-state index contributed by atoms with van der Waals surface area (Å²) in [4.78, 5) is 12.0. The van der Waals surface area contributed by atoms with E-state index in [0.29, 0.717) is 17.9 Å². The molecule has 0 spiro atoms. The van der Waals surface area contributed by atoms with E-state index in [1.54, 1.807) is 18.2 Å². The second-order valence-electron chi connectivity index (χ2n) is 5.30. The standard InChI is InChI=1S/C16H20N2O/c17-12-14-8-5-9-15(10-14)18-16(19)11-13-6-3-1-2-4-7-13/h5,8-10,13H,1-4,6-7,11H2,(H,18,19). The van der Waals surface area contributed by atoms with Gasteiger partial charge in [0.25, 0.3) is 0 Å². The van der Waals surface area contributed by atoms with Gasteiger partial charge in [-0.15, -0.1) is 0 Å². The molecule has 2 rings (SSSR count). The highest BCUT2D eigenvalue weighted by atomic mass is 16.1. The van der Waals surface area contributed by atoms with E-state index in [9.17, 15) is 4.79 Å². The van der Waals surface area contributed by atoms with Crippen molar-refractivity contribution in [1.82, 2.24) is 0 Å². The van der Waals surface area contributed by atoms with Crippen molar-refractivity contribution in [3.8, 4) is 6.07 Å². The summed E-state index contributed by atoms with van der Waals surface area (Å²) in [5, 5.41) is 11.7. The molecule has 1 amide bonds. The Morgan fingerprint density at radius 3 is 2.68 bits per heavy atom. The molecule has 100 valence electrons. The van der Waals surface area contributed by atoms with Crippen molar-refractivity contribution in [1.29, 1.82) is 5.26 Å². The van der Waals surface area contributed by atoms with Gasteiger partial charge in [-0.2, -0.15) is 5.26 Å². The van der Waals surface area contributed by atoms with Crippen LogP contribution in [0, 0.1) is 17.2 Å². The zero-order valence-electron chi connectivity index (χ0n) is 11.2. The predicted octanol–water partition coefficient (Wildman–Crippen LogP) is 3.86. The fourth-order valence-corrected chi connectivity index (χ4v) is 2.71. The number of nitriles is 1. The smallest absolute Gasteiger partial charge is 0.224 e. The summed E-state index contributed by atoms with van der Waals surface area (Å²) in [7, 11) is 0. The molecule has 0 heterocycles. The van der Waals surface area contributed by atoms with E-state index in [-0.39, 0.29) is 5.91 Å². The molecule has 0 aliphatic heterocycles. The molecule has 0 radical (unpaired) electrons. The first-order chi connectivity index (χ1) is 9.28. The van der Waals surface area contributed by atoms with Gasteiger partial charge in [-0.3, -0.25) is 4.79 Å². The largest absolute Gasteiger partial charge is 0.326 e. The second kappa shape index (κ2) is 6.94. The summed E-state index contributed by atoms with van der Waals surface area (Å²) in [6.07, 6.45) is 8.07. The number of rotatable bonds is 3. The van der Waals surface area contributed by atoms with Gasteiger partial charge in [0.1, 0.15) is 0 Å². The lowest BCUT2D eigenvalue weighted by Gasteiger charge is -2.13. The lowest BCUT2D eigenvalue weighted by molar-refractivity contribution is -0.117. The average molecular weight is 256 g/mol. The first kappa shape index (κ1) is 13.6. The Bertz CT molecular complexity index is 468. The third kappa shape index (κ3) is 4.40. The number of hydrogen-bond acceptors (Lipinski definition) is 2. The monoisotopic (exact) mass is 256 g/mol. The summed E-state index contributed by atoms with van der Waals surface area (Å²) in [6.45, 7) is 0. The van der Waals surface area contributed by atoms with E-state index in [1.165, 1.54) is 38.5 Å². The summed E-state index contributed by atoms with van der Waals surface area (Å²) in [6, 6.07) is 9.15. The molecule has 0 unspecified atom stereocenters. The van der Waals surface area contributed by atoms with Crippen molar-refractivity contribution in [3.63, 3.8) is 0 Å². The maximum Gasteiger partial charge on any atom is 0.224 e. The van der Waals surface area contributed by atoms with Crippen LogP contribution in [0.5, 0.6) is 0 Å². The van der Waals surface area contributed by atoms with Gasteiger partial charge in [-0.05, 0) is 37.0 Å². The normalized spacial score (nSPS) is 16.4. The Labute approximate surface area is 114 Å². The van der Waals surface area contributed by atoms with Gasteiger partial charge in [0.15, 0.2) is 0 Å². The predicted molar refractivity (Wildman–Crippen MR) is 75.6 cm³/mol. The molecule has 1 fully saturated rings. The van der Waals surface area contributed by atoms with Crippen LogP contribution in [0.3, 0.4) is 0 Å². The van der Waals surface area contributed by atoms with E-state index in [1.807, 2.05) is 6.07 Å². The van der Waals surface area contributed by atoms with Gasteiger partial charge in [-0.1, -0.05) is 31.7 Å². The van der Waals surface area contributed by atoms with Crippen molar-refractivity contribution < 1.29 is 4.79 Å². The average Bonchev–Trinajstić information content (AvgIpc) is 2.67. The zero-order valence-corrected chi connectivity index (χ0v) is 11.2. The Kier molecular flexibility index (Phi) is 4.97. The van der Waals surface area contributed by atoms with Crippen LogP contribution < -0.4 is 5.32 Å². The van der Waals surface area contributed by atoms with Gasteiger partial charge in [-0.25, -0.2) is 0 Å². The Balaban J connectivity index is 1.88. The highest BCUT2D eigenvalue weighted by Crippen LogP contribution is 2.25. The third-order valence-corrected chi connectivity index (χ3v) is 3.72. The molecule has 1 aliphatic carbocycles. The molecule has 0 atom stereocenters. The van der Waals surface area contributed by atoms with E-state index in [0.717, 1.165) is 5.69 Å². The van der Waals surface area contributed by atoms with E-state index >= 15 is 0 Å². The van der Waals surface area contributed by atoms with Crippen LogP contribution >= 0.6 is 0 Å². The summed E-state index contributed by atoms with van der Waals surface area (Å²) in [5.74, 6) is 0.601. The van der Waals surface area contributed by atoms with Crippen molar-refractivity contribution in [2.75, 3.05) is 5.32 Å². The lowest BCUT2D eigenvalue weighted by atomic mass is 9.96. The Morgan fingerprint density at radius 1 is 1.26 bits per heavy atom. The first-order valence-electron chi connectivity index (χ1n) is 7.08. The molecule has 0 bridgehead atoms. The molecule has 1 saturated carbocycles. The van der Waals surface area contributed by atoms with Gasteiger partial charge >= 0.3 is 0 Å². The van der Waals surface area contributed by atoms with Gasteiger partial charge in [0.05, 0.1) is 11.6 Å². The topological polar surface area (TPSA) is 52.9 Å². The molecule has 3 heteroatoms. The van der Waals surface area contributed by atoms with Gasteiger partial charge in [0.2, 0.25) is 5.91 Å². The minimum Gasteiger partial charge on any atom is -0.326 e. The summed E-state index contributed by atoms with van der Waals surface area (Å²) < 4.78 is 0. The minimum absolute atomic E-state index is 0.0713. The number of nitrogens with zero attached hydrogens (tertiary/aromatic N) is 1. The molecule has 0 saturated heterocycles. The van der Waals surface area contributed by atoms with Crippen LogP contribution in [0.25, 0.3) is 0 Å². The first-order valence-corrected chi connectivity index (χ1v) is 7.08. The van der Waals surface area contributed by atoms with Crippen molar-refractivity contribution in [2.45, 2.75) is 44.9 Å². The van der Waals surface area contributed by atoms with Crippen LogP contribution in [-0.4, -0.2) is 5.91 Å². The Hall–Kier alpha value is -1.82. The third-order valence-electron chi connectivity index (χ3n) is 3.72. The number of hydrogen-bond donors (Lipinski definition) is 1. The molecule has 1 aliphatic rings. The van der Waals surface area contributed by atoms with Crippen LogP contribution in [0.15, 0.2) is 24.3 Å². The molecule has 1 N–H and O–H groups in total. The molecule has 3 nitrogen and oxygen atoms in total. The molecule has 1 aromatic carbocycles. The quantitative estimate of drug-likeness (QED) is 0.835. The minimum atomic E-state index is 0.0713. The SMILES string of the molecule is N#Cc1cccc(NC(=O)CC2CCCCCC2)c1. The number of anilines is 1. The number of carbonyl (C=O) groups excluding carboxylic acids is 1. The second-order valence-corrected chi connectivity index (χ2v) is 5.30. The van der Waals surface area contributed by atoms with E-state index in [2.05, 4.69) is 11.4 Å². The van der Waals surface area contributed by atoms with Crippen LogP contribution in [-0.2, 0) is 4.79 Å². The van der Waals surface area contributed by atoms with Crippen LogP contribution in [0.1, 0.15) is 50.5 Å². The number of amides is 1. The summed E-state index contributed by atoms with van der Waals surface area (Å²) in [5.41, 5.74) is 1.30. The highest BCUT2D eigenvalue weighted by Gasteiger charge is 2.16. The lowest BCUT2D eigenvalue weighted by Crippen LogP contribution is -2.16. The summed E-state index contributed by atoms with van der Waals surface area (Å²) >= 11 is 0. The molecular formula is C16H20N2O. The maximum atomic E-state index is 12.0. The molecule has 19 heavy (non-hydrogen) atoms. The fraction of sp³-hybridized carbons (Fsp3) is 0.500.